The molecule has 0 spiro atoms. The van der Waals surface area contributed by atoms with Crippen LogP contribution in [0.5, 0.6) is 0 Å². The van der Waals surface area contributed by atoms with Crippen molar-refractivity contribution < 1.29 is 13.9 Å². The quantitative estimate of drug-likeness (QED) is 0.805. The van der Waals surface area contributed by atoms with Gasteiger partial charge in [0.2, 0.25) is 0 Å². The van der Waals surface area contributed by atoms with E-state index < -0.39 is 5.97 Å². The van der Waals surface area contributed by atoms with Gasteiger partial charge in [-0.1, -0.05) is 25.0 Å². The van der Waals surface area contributed by atoms with E-state index >= 15 is 0 Å². The average Bonchev–Trinajstić information content (AvgIpc) is 3.22. The summed E-state index contributed by atoms with van der Waals surface area (Å²) >= 11 is 0. The molecule has 19 heavy (non-hydrogen) atoms. The molecule has 0 radical (unpaired) electrons. The summed E-state index contributed by atoms with van der Waals surface area (Å²) < 4.78 is 18.2. The molecule has 1 saturated carbocycles. The van der Waals surface area contributed by atoms with E-state index in [0.29, 0.717) is 5.56 Å². The van der Waals surface area contributed by atoms with Crippen molar-refractivity contribution in [2.75, 3.05) is 7.11 Å². The number of carbonyl (C=O) groups is 1. The van der Waals surface area contributed by atoms with Gasteiger partial charge in [0, 0.05) is 6.04 Å². The van der Waals surface area contributed by atoms with Gasteiger partial charge in [-0.3, -0.25) is 4.79 Å². The molecule has 1 fully saturated rings. The van der Waals surface area contributed by atoms with Gasteiger partial charge in [0.05, 0.1) is 13.5 Å². The molecule has 1 aliphatic carbocycles. The van der Waals surface area contributed by atoms with Crippen molar-refractivity contribution in [1.82, 2.24) is 0 Å². The highest BCUT2D eigenvalue weighted by Crippen LogP contribution is 2.35. The van der Waals surface area contributed by atoms with E-state index in [1.54, 1.807) is 12.1 Å². The summed E-state index contributed by atoms with van der Waals surface area (Å²) in [6.07, 6.45) is 4.61. The Morgan fingerprint density at radius 1 is 1.53 bits per heavy atom. The first-order valence-corrected chi connectivity index (χ1v) is 6.71. The van der Waals surface area contributed by atoms with Crippen LogP contribution in [-0.2, 0) is 16.0 Å². The minimum absolute atomic E-state index is 0.0501. The van der Waals surface area contributed by atoms with Crippen molar-refractivity contribution in [3.63, 3.8) is 0 Å². The molecule has 3 nitrogen and oxygen atoms in total. The molecule has 1 aliphatic rings. The second kappa shape index (κ2) is 6.15. The lowest BCUT2D eigenvalue weighted by atomic mass is 9.98. The molecule has 0 bridgehead atoms. The third kappa shape index (κ3) is 4.03. The number of esters is 1. The van der Waals surface area contributed by atoms with Gasteiger partial charge < -0.3 is 10.5 Å². The Morgan fingerprint density at radius 3 is 2.89 bits per heavy atom. The number of hydrogen-bond donors (Lipinski definition) is 1. The summed E-state index contributed by atoms with van der Waals surface area (Å²) in [6.45, 7) is 0. The Balaban J connectivity index is 2.03. The third-order valence-electron chi connectivity index (χ3n) is 3.64. The minimum Gasteiger partial charge on any atom is -0.469 e. The molecule has 104 valence electrons. The van der Waals surface area contributed by atoms with Gasteiger partial charge in [0.1, 0.15) is 5.82 Å². The van der Waals surface area contributed by atoms with E-state index in [4.69, 9.17) is 5.73 Å². The summed E-state index contributed by atoms with van der Waals surface area (Å²) in [4.78, 5) is 11.2. The fourth-order valence-corrected chi connectivity index (χ4v) is 2.18. The number of rotatable bonds is 6. The average molecular weight is 265 g/mol. The zero-order valence-electron chi connectivity index (χ0n) is 11.2. The summed E-state index contributed by atoms with van der Waals surface area (Å²) in [5.74, 6) is 0.00665. The highest BCUT2D eigenvalue weighted by Gasteiger charge is 2.22. The van der Waals surface area contributed by atoms with Crippen molar-refractivity contribution in [2.24, 2.45) is 11.7 Å². The monoisotopic (exact) mass is 265 g/mol. The third-order valence-corrected chi connectivity index (χ3v) is 3.64. The van der Waals surface area contributed by atoms with Crippen LogP contribution in [0, 0.1) is 11.7 Å². The number of methoxy groups -OCH3 is 1. The molecule has 1 aromatic carbocycles. The molecular formula is C15H20FNO2. The summed E-state index contributed by atoms with van der Waals surface area (Å²) in [5, 5.41) is 0. The number of ether oxygens (including phenoxy) is 1. The standard InChI is InChI=1S/C15H20FNO2/c1-19-15(18)9-12-8-11(5-6-13(12)16)14(17)7-4-10-2-3-10/h5-6,8,10,14H,2-4,7,9,17H2,1H3. The molecule has 1 unspecified atom stereocenters. The van der Waals surface area contributed by atoms with Crippen LogP contribution in [0.25, 0.3) is 0 Å². The van der Waals surface area contributed by atoms with Crippen molar-refractivity contribution in [3.05, 3.63) is 35.1 Å². The smallest absolute Gasteiger partial charge is 0.310 e. The maximum Gasteiger partial charge on any atom is 0.310 e. The lowest BCUT2D eigenvalue weighted by Gasteiger charge is -2.13. The van der Waals surface area contributed by atoms with Crippen molar-refractivity contribution in [3.8, 4) is 0 Å². The van der Waals surface area contributed by atoms with E-state index in [-0.39, 0.29) is 18.3 Å². The number of benzene rings is 1. The number of halogens is 1. The first-order valence-electron chi connectivity index (χ1n) is 6.71. The molecule has 1 aromatic rings. The Bertz CT molecular complexity index is 457. The Kier molecular flexibility index (Phi) is 4.53. The normalized spacial score (nSPS) is 16.2. The van der Waals surface area contributed by atoms with Crippen molar-refractivity contribution in [2.45, 2.75) is 38.1 Å². The summed E-state index contributed by atoms with van der Waals surface area (Å²) in [6, 6.07) is 4.68. The minimum atomic E-state index is -0.442. The van der Waals surface area contributed by atoms with Crippen LogP contribution in [0.15, 0.2) is 18.2 Å². The SMILES string of the molecule is COC(=O)Cc1cc(C(N)CCC2CC2)ccc1F. The van der Waals surface area contributed by atoms with Gasteiger partial charge in [-0.2, -0.15) is 0 Å². The van der Waals surface area contributed by atoms with Gasteiger partial charge in [-0.15, -0.1) is 0 Å². The predicted octanol–water partition coefficient (Wildman–Crippen LogP) is 2.73. The van der Waals surface area contributed by atoms with Gasteiger partial charge in [-0.25, -0.2) is 4.39 Å². The van der Waals surface area contributed by atoms with Gasteiger partial charge in [0.15, 0.2) is 0 Å². The topological polar surface area (TPSA) is 52.3 Å². The molecule has 2 rings (SSSR count). The lowest BCUT2D eigenvalue weighted by molar-refractivity contribution is -0.139. The number of nitrogens with two attached hydrogens (primary N) is 1. The first-order chi connectivity index (χ1) is 9.10. The fraction of sp³-hybridized carbons (Fsp3) is 0.533. The summed E-state index contributed by atoms with van der Waals surface area (Å²) in [5.41, 5.74) is 7.36. The van der Waals surface area contributed by atoms with Crippen LogP contribution < -0.4 is 5.73 Å². The zero-order valence-corrected chi connectivity index (χ0v) is 11.2. The fourth-order valence-electron chi connectivity index (χ4n) is 2.18. The highest BCUT2D eigenvalue weighted by molar-refractivity contribution is 5.72. The van der Waals surface area contributed by atoms with Gasteiger partial charge in [0.25, 0.3) is 0 Å². The Morgan fingerprint density at radius 2 is 2.26 bits per heavy atom. The Labute approximate surface area is 112 Å². The largest absolute Gasteiger partial charge is 0.469 e. The first kappa shape index (κ1) is 14.0. The van der Waals surface area contributed by atoms with E-state index in [1.807, 2.05) is 0 Å². The van der Waals surface area contributed by atoms with Gasteiger partial charge in [-0.05, 0) is 36.0 Å². The molecule has 1 atom stereocenters. The van der Waals surface area contributed by atoms with E-state index in [9.17, 15) is 9.18 Å². The van der Waals surface area contributed by atoms with Crippen molar-refractivity contribution >= 4 is 5.97 Å². The predicted molar refractivity (Wildman–Crippen MR) is 71.0 cm³/mol. The second-order valence-corrected chi connectivity index (χ2v) is 5.23. The Hall–Kier alpha value is -1.42. The maximum absolute atomic E-state index is 13.6. The number of carbonyl (C=O) groups excluding carboxylic acids is 1. The second-order valence-electron chi connectivity index (χ2n) is 5.23. The van der Waals surface area contributed by atoms with Crippen LogP contribution in [0.4, 0.5) is 4.39 Å². The van der Waals surface area contributed by atoms with E-state index in [2.05, 4.69) is 4.74 Å². The number of hydrogen-bond acceptors (Lipinski definition) is 3. The van der Waals surface area contributed by atoms with Crippen LogP contribution in [-0.4, -0.2) is 13.1 Å². The molecule has 0 aromatic heterocycles. The molecule has 2 N–H and O–H groups in total. The van der Waals surface area contributed by atoms with Crippen LogP contribution >= 0.6 is 0 Å². The highest BCUT2D eigenvalue weighted by atomic mass is 19.1. The van der Waals surface area contributed by atoms with Crippen LogP contribution in [0.3, 0.4) is 0 Å². The van der Waals surface area contributed by atoms with Crippen LogP contribution in [0.1, 0.15) is 42.9 Å². The molecule has 0 amide bonds. The zero-order chi connectivity index (χ0) is 13.8. The van der Waals surface area contributed by atoms with Crippen LogP contribution in [0.2, 0.25) is 0 Å². The van der Waals surface area contributed by atoms with Gasteiger partial charge >= 0.3 is 5.97 Å². The summed E-state index contributed by atoms with van der Waals surface area (Å²) in [7, 11) is 1.30. The molecule has 0 aliphatic heterocycles. The molecule has 0 heterocycles. The van der Waals surface area contributed by atoms with E-state index in [1.165, 1.54) is 26.0 Å². The molecular weight excluding hydrogens is 245 g/mol. The molecule has 0 saturated heterocycles. The lowest BCUT2D eigenvalue weighted by Crippen LogP contribution is -2.12. The van der Waals surface area contributed by atoms with Crippen molar-refractivity contribution in [1.29, 1.82) is 0 Å². The maximum atomic E-state index is 13.6. The molecule has 4 heteroatoms. The van der Waals surface area contributed by atoms with E-state index in [0.717, 1.165) is 24.3 Å².